The Morgan fingerprint density at radius 2 is 1.85 bits per heavy atom. The molecule has 0 aliphatic heterocycles. The molecular formula is C10H10O2Zn. The third kappa shape index (κ3) is 8.96. The van der Waals surface area contributed by atoms with Crippen molar-refractivity contribution >= 4 is 12.0 Å². The Balaban J connectivity index is 0.000000310. The topological polar surface area (TPSA) is 40.1 Å². The Hall–Kier alpha value is -0.947. The van der Waals surface area contributed by atoms with Crippen molar-refractivity contribution in [3.63, 3.8) is 0 Å². The van der Waals surface area contributed by atoms with E-state index >= 15 is 0 Å². The summed E-state index contributed by atoms with van der Waals surface area (Å²) in [6.45, 7) is 0.972. The van der Waals surface area contributed by atoms with Gasteiger partial charge in [-0.25, -0.2) is 0 Å². The molecule has 0 unspecified atom stereocenters. The van der Waals surface area contributed by atoms with Crippen molar-refractivity contribution in [3.8, 4) is 0 Å². The van der Waals surface area contributed by atoms with Crippen molar-refractivity contribution in [2.24, 2.45) is 0 Å². The number of carboxylic acids is 1. The molecule has 0 radical (unpaired) electrons. The number of carbonyl (C=O) groups is 1. The SMILES string of the molecule is CC(=O)[O-].[Zn+][CH]=Cc1ccccc1. The van der Waals surface area contributed by atoms with Gasteiger partial charge in [-0.15, -0.1) is 0 Å². The van der Waals surface area contributed by atoms with Gasteiger partial charge >= 0.3 is 64.9 Å². The molecule has 1 aromatic rings. The van der Waals surface area contributed by atoms with E-state index in [9.17, 15) is 0 Å². The van der Waals surface area contributed by atoms with Crippen LogP contribution in [-0.4, -0.2) is 5.97 Å². The summed E-state index contributed by atoms with van der Waals surface area (Å²) in [6.07, 6.45) is 2.14. The van der Waals surface area contributed by atoms with E-state index in [1.165, 1.54) is 23.9 Å². The Kier molecular flexibility index (Phi) is 7.13. The van der Waals surface area contributed by atoms with E-state index < -0.39 is 5.97 Å². The molecule has 1 aromatic carbocycles. The quantitative estimate of drug-likeness (QED) is 0.671. The van der Waals surface area contributed by atoms with Gasteiger partial charge < -0.3 is 9.90 Å². The molecule has 3 heteroatoms. The van der Waals surface area contributed by atoms with Gasteiger partial charge in [0.2, 0.25) is 0 Å². The first kappa shape index (κ1) is 12.1. The molecular weight excluding hydrogens is 217 g/mol. The summed E-state index contributed by atoms with van der Waals surface area (Å²) in [7, 11) is 0. The predicted molar refractivity (Wildman–Crippen MR) is 46.2 cm³/mol. The van der Waals surface area contributed by atoms with Gasteiger partial charge in [-0.05, 0) is 6.92 Å². The van der Waals surface area contributed by atoms with E-state index in [1.54, 1.807) is 0 Å². The van der Waals surface area contributed by atoms with Crippen LogP contribution in [-0.2, 0) is 23.1 Å². The number of benzene rings is 1. The molecule has 2 nitrogen and oxygen atoms in total. The first-order valence-electron chi connectivity index (χ1n) is 3.85. The summed E-state index contributed by atoms with van der Waals surface area (Å²) >= 11 is 1.23. The van der Waals surface area contributed by atoms with Crippen LogP contribution < -0.4 is 5.11 Å². The summed E-state index contributed by atoms with van der Waals surface area (Å²) in [6, 6.07) is 10.3. The molecule has 0 atom stereocenters. The van der Waals surface area contributed by atoms with Crippen LogP contribution in [0.3, 0.4) is 0 Å². The minimum atomic E-state index is -1.08. The first-order valence-corrected chi connectivity index (χ1v) is 5.56. The van der Waals surface area contributed by atoms with Gasteiger partial charge in [0, 0.05) is 5.97 Å². The second-order valence-electron chi connectivity index (χ2n) is 2.30. The fourth-order valence-corrected chi connectivity index (χ4v) is 1.27. The Morgan fingerprint density at radius 1 is 1.38 bits per heavy atom. The zero-order valence-electron chi connectivity index (χ0n) is 7.57. The molecule has 0 amide bonds. The molecule has 0 spiro atoms. The molecule has 0 heterocycles. The monoisotopic (exact) mass is 226 g/mol. The van der Waals surface area contributed by atoms with Gasteiger partial charge in [0.05, 0.1) is 0 Å². The normalized spacial score (nSPS) is 9.15. The molecule has 0 saturated heterocycles. The molecule has 0 saturated carbocycles. The second-order valence-corrected chi connectivity index (χ2v) is 3.29. The van der Waals surface area contributed by atoms with Gasteiger partial charge in [0.25, 0.3) is 0 Å². The summed E-state index contributed by atoms with van der Waals surface area (Å²) in [5.41, 5.74) is 1.30. The fraction of sp³-hybridized carbons (Fsp3) is 0.100. The molecule has 1 rings (SSSR count). The number of hydrogen-bond donors (Lipinski definition) is 0. The van der Waals surface area contributed by atoms with Gasteiger partial charge in [0.15, 0.2) is 0 Å². The van der Waals surface area contributed by atoms with Crippen LogP contribution >= 0.6 is 0 Å². The van der Waals surface area contributed by atoms with Crippen LogP contribution in [0.25, 0.3) is 6.08 Å². The summed E-state index contributed by atoms with van der Waals surface area (Å²) in [5.74, 6) is -1.08. The maximum atomic E-state index is 8.89. The number of rotatable bonds is 1. The van der Waals surface area contributed by atoms with Crippen LogP contribution in [0.1, 0.15) is 12.5 Å². The number of aliphatic carboxylic acids is 1. The molecule has 0 aliphatic carbocycles. The van der Waals surface area contributed by atoms with Crippen molar-refractivity contribution < 1.29 is 28.2 Å². The van der Waals surface area contributed by atoms with Gasteiger partial charge in [-0.3, -0.25) is 0 Å². The van der Waals surface area contributed by atoms with Crippen molar-refractivity contribution in [1.29, 1.82) is 0 Å². The van der Waals surface area contributed by atoms with Gasteiger partial charge in [-0.2, -0.15) is 0 Å². The maximum absolute atomic E-state index is 8.89. The molecule has 13 heavy (non-hydrogen) atoms. The average molecular weight is 228 g/mol. The van der Waals surface area contributed by atoms with Crippen LogP contribution in [0.2, 0.25) is 0 Å². The Morgan fingerprint density at radius 3 is 2.23 bits per heavy atom. The summed E-state index contributed by atoms with van der Waals surface area (Å²) in [4.78, 5) is 8.89. The van der Waals surface area contributed by atoms with Crippen molar-refractivity contribution in [1.82, 2.24) is 0 Å². The molecule has 64 valence electrons. The van der Waals surface area contributed by atoms with E-state index in [1.807, 2.05) is 6.07 Å². The van der Waals surface area contributed by atoms with E-state index in [2.05, 4.69) is 35.0 Å². The van der Waals surface area contributed by atoms with E-state index in [0.29, 0.717) is 0 Å². The second kappa shape index (κ2) is 7.69. The fourth-order valence-electron chi connectivity index (χ4n) is 0.700. The molecule has 0 fully saturated rings. The van der Waals surface area contributed by atoms with Crippen molar-refractivity contribution in [3.05, 3.63) is 40.6 Å². The Bertz CT molecular complexity index is 264. The van der Waals surface area contributed by atoms with Crippen molar-refractivity contribution in [2.45, 2.75) is 6.92 Å². The van der Waals surface area contributed by atoms with Crippen molar-refractivity contribution in [2.75, 3.05) is 0 Å². The zero-order valence-corrected chi connectivity index (χ0v) is 10.5. The number of carboxylic acid groups (broad SMARTS) is 1. The van der Waals surface area contributed by atoms with E-state index in [0.717, 1.165) is 6.92 Å². The number of hydrogen-bond acceptors (Lipinski definition) is 2. The molecule has 0 N–H and O–H groups in total. The third-order valence-electron chi connectivity index (χ3n) is 1.11. The van der Waals surface area contributed by atoms with Gasteiger partial charge in [-0.1, -0.05) is 0 Å². The van der Waals surface area contributed by atoms with E-state index in [4.69, 9.17) is 9.90 Å². The third-order valence-corrected chi connectivity index (χ3v) is 1.60. The first-order chi connectivity index (χ1) is 6.16. The van der Waals surface area contributed by atoms with Gasteiger partial charge in [0.1, 0.15) is 0 Å². The molecule has 0 aromatic heterocycles. The summed E-state index contributed by atoms with van der Waals surface area (Å²) < 4.78 is 2.16. The van der Waals surface area contributed by atoms with Crippen LogP contribution in [0.4, 0.5) is 0 Å². The molecule has 0 bridgehead atoms. The molecule has 0 aliphatic rings. The average Bonchev–Trinajstić information content (AvgIpc) is 2.06. The number of carbonyl (C=O) groups excluding carboxylic acids is 1. The summed E-state index contributed by atoms with van der Waals surface area (Å²) in [5, 5.41) is 8.89. The predicted octanol–water partition coefficient (Wildman–Crippen LogP) is 0.960. The zero-order chi connectivity index (χ0) is 10.1. The van der Waals surface area contributed by atoms with Crippen LogP contribution in [0.15, 0.2) is 35.0 Å². The van der Waals surface area contributed by atoms with E-state index in [-0.39, 0.29) is 0 Å². The van der Waals surface area contributed by atoms with Crippen LogP contribution in [0, 0.1) is 0 Å². The Labute approximate surface area is 88.0 Å². The van der Waals surface area contributed by atoms with Crippen LogP contribution in [0.5, 0.6) is 0 Å². The standard InChI is InChI=1S/C8H7.C2H4O2.Zn/c1-2-8-6-4-3-5-7-8;1-2(3)4;/h1-7H;1H3,(H,3,4);/q;;+1/p-1. The minimum absolute atomic E-state index is 0.972.